The summed E-state index contributed by atoms with van der Waals surface area (Å²) in [4.78, 5) is 16.1. The Labute approximate surface area is 111 Å². The van der Waals surface area contributed by atoms with Crippen LogP contribution in [0.15, 0.2) is 34.9 Å². The molecule has 0 aliphatic heterocycles. The molecule has 0 spiro atoms. The van der Waals surface area contributed by atoms with E-state index in [9.17, 15) is 4.79 Å². The maximum Gasteiger partial charge on any atom is 0.251 e. The maximum absolute atomic E-state index is 12.1. The van der Waals surface area contributed by atoms with Gasteiger partial charge in [0.15, 0.2) is 0 Å². The standard InChI is InChI=1S/C14H17N3O2/c1-10-8-16-13(19-10)9-17-14(18)12-5-3-2-4-11(12)6-7-15/h2-5,8H,6-7,9,15H2,1H3,(H,17,18). The van der Waals surface area contributed by atoms with Crippen LogP contribution in [0.2, 0.25) is 0 Å². The molecule has 0 saturated carbocycles. The first-order valence-electron chi connectivity index (χ1n) is 6.18. The van der Waals surface area contributed by atoms with Crippen molar-refractivity contribution in [1.82, 2.24) is 10.3 Å². The van der Waals surface area contributed by atoms with Gasteiger partial charge in [-0.3, -0.25) is 4.79 Å². The molecular formula is C14H17N3O2. The predicted octanol–water partition coefficient (Wildman–Crippen LogP) is 1.41. The molecule has 0 aliphatic rings. The molecule has 0 radical (unpaired) electrons. The number of nitrogens with two attached hydrogens (primary N) is 1. The highest BCUT2D eigenvalue weighted by atomic mass is 16.4. The topological polar surface area (TPSA) is 81.2 Å². The van der Waals surface area contributed by atoms with Crippen molar-refractivity contribution in [3.63, 3.8) is 0 Å². The van der Waals surface area contributed by atoms with Gasteiger partial charge in [0.2, 0.25) is 5.89 Å². The Bertz CT molecular complexity index is 563. The van der Waals surface area contributed by atoms with Gasteiger partial charge in [-0.2, -0.15) is 0 Å². The van der Waals surface area contributed by atoms with Gasteiger partial charge in [0, 0.05) is 5.56 Å². The second-order valence-electron chi connectivity index (χ2n) is 4.24. The van der Waals surface area contributed by atoms with Gasteiger partial charge in [-0.1, -0.05) is 18.2 Å². The normalized spacial score (nSPS) is 10.4. The van der Waals surface area contributed by atoms with Crippen LogP contribution in [-0.2, 0) is 13.0 Å². The van der Waals surface area contributed by atoms with Gasteiger partial charge in [-0.15, -0.1) is 0 Å². The van der Waals surface area contributed by atoms with E-state index >= 15 is 0 Å². The smallest absolute Gasteiger partial charge is 0.251 e. The number of hydrogen-bond donors (Lipinski definition) is 2. The minimum Gasteiger partial charge on any atom is -0.444 e. The molecule has 2 rings (SSSR count). The first-order valence-corrected chi connectivity index (χ1v) is 6.18. The van der Waals surface area contributed by atoms with Crippen LogP contribution in [0.25, 0.3) is 0 Å². The quantitative estimate of drug-likeness (QED) is 0.850. The van der Waals surface area contributed by atoms with Crippen molar-refractivity contribution < 1.29 is 9.21 Å². The number of rotatable bonds is 5. The molecular weight excluding hydrogens is 242 g/mol. The summed E-state index contributed by atoms with van der Waals surface area (Å²) in [7, 11) is 0. The summed E-state index contributed by atoms with van der Waals surface area (Å²) in [6.45, 7) is 2.61. The van der Waals surface area contributed by atoms with Crippen molar-refractivity contribution in [3.8, 4) is 0 Å². The third-order valence-corrected chi connectivity index (χ3v) is 2.74. The van der Waals surface area contributed by atoms with Gasteiger partial charge in [-0.05, 0) is 31.5 Å². The number of aryl methyl sites for hydroxylation is 1. The van der Waals surface area contributed by atoms with Crippen LogP contribution in [0.1, 0.15) is 27.6 Å². The van der Waals surface area contributed by atoms with Gasteiger partial charge < -0.3 is 15.5 Å². The lowest BCUT2D eigenvalue weighted by Gasteiger charge is -2.08. The van der Waals surface area contributed by atoms with Gasteiger partial charge >= 0.3 is 0 Å². The van der Waals surface area contributed by atoms with Crippen molar-refractivity contribution in [2.75, 3.05) is 6.54 Å². The van der Waals surface area contributed by atoms with Gasteiger partial charge in [0.05, 0.1) is 12.7 Å². The van der Waals surface area contributed by atoms with E-state index in [0.29, 0.717) is 24.4 Å². The van der Waals surface area contributed by atoms with E-state index in [1.807, 2.05) is 25.1 Å². The molecule has 1 amide bonds. The highest BCUT2D eigenvalue weighted by Gasteiger charge is 2.11. The number of benzene rings is 1. The Morgan fingerprint density at radius 2 is 2.21 bits per heavy atom. The molecule has 1 aromatic carbocycles. The average molecular weight is 259 g/mol. The Morgan fingerprint density at radius 3 is 2.89 bits per heavy atom. The van der Waals surface area contributed by atoms with E-state index in [4.69, 9.17) is 10.2 Å². The number of amides is 1. The first-order chi connectivity index (χ1) is 9.20. The molecule has 0 unspecified atom stereocenters. The summed E-state index contributed by atoms with van der Waals surface area (Å²) in [5.74, 6) is 1.09. The Balaban J connectivity index is 2.03. The van der Waals surface area contributed by atoms with Crippen LogP contribution < -0.4 is 11.1 Å². The van der Waals surface area contributed by atoms with E-state index in [0.717, 1.165) is 11.3 Å². The molecule has 0 atom stereocenters. The number of nitrogens with zero attached hydrogens (tertiary/aromatic N) is 1. The largest absolute Gasteiger partial charge is 0.444 e. The molecule has 100 valence electrons. The van der Waals surface area contributed by atoms with E-state index in [1.54, 1.807) is 12.3 Å². The third kappa shape index (κ3) is 3.42. The molecule has 3 N–H and O–H groups in total. The summed E-state index contributed by atoms with van der Waals surface area (Å²) in [6, 6.07) is 7.45. The van der Waals surface area contributed by atoms with E-state index in [-0.39, 0.29) is 12.5 Å². The van der Waals surface area contributed by atoms with Crippen LogP contribution in [0.4, 0.5) is 0 Å². The fraction of sp³-hybridized carbons (Fsp3) is 0.286. The Morgan fingerprint density at radius 1 is 1.42 bits per heavy atom. The number of nitrogens with one attached hydrogen (secondary N) is 1. The van der Waals surface area contributed by atoms with Crippen LogP contribution in [0, 0.1) is 6.92 Å². The fourth-order valence-electron chi connectivity index (χ4n) is 1.85. The zero-order chi connectivity index (χ0) is 13.7. The lowest BCUT2D eigenvalue weighted by molar-refractivity contribution is 0.0946. The Kier molecular flexibility index (Phi) is 4.30. The summed E-state index contributed by atoms with van der Waals surface area (Å²) in [5, 5.41) is 2.79. The highest BCUT2D eigenvalue weighted by molar-refractivity contribution is 5.95. The van der Waals surface area contributed by atoms with Crippen LogP contribution >= 0.6 is 0 Å². The zero-order valence-electron chi connectivity index (χ0n) is 10.8. The molecule has 19 heavy (non-hydrogen) atoms. The minimum absolute atomic E-state index is 0.139. The van der Waals surface area contributed by atoms with Crippen LogP contribution in [0.5, 0.6) is 0 Å². The average Bonchev–Trinajstić information content (AvgIpc) is 2.83. The summed E-state index contributed by atoms with van der Waals surface area (Å²) in [5.41, 5.74) is 7.14. The summed E-state index contributed by atoms with van der Waals surface area (Å²) < 4.78 is 5.30. The first kappa shape index (κ1) is 13.3. The lowest BCUT2D eigenvalue weighted by atomic mass is 10.0. The van der Waals surface area contributed by atoms with Crippen molar-refractivity contribution in [2.24, 2.45) is 5.73 Å². The number of carbonyl (C=O) groups is 1. The van der Waals surface area contributed by atoms with Crippen molar-refractivity contribution >= 4 is 5.91 Å². The lowest BCUT2D eigenvalue weighted by Crippen LogP contribution is -2.24. The summed E-state index contributed by atoms with van der Waals surface area (Å²) in [6.07, 6.45) is 2.31. The number of oxazole rings is 1. The monoisotopic (exact) mass is 259 g/mol. The molecule has 0 saturated heterocycles. The molecule has 0 fully saturated rings. The second kappa shape index (κ2) is 6.15. The van der Waals surface area contributed by atoms with Crippen LogP contribution in [-0.4, -0.2) is 17.4 Å². The molecule has 5 nitrogen and oxygen atoms in total. The maximum atomic E-state index is 12.1. The number of aromatic nitrogens is 1. The molecule has 0 bridgehead atoms. The Hall–Kier alpha value is -2.14. The molecule has 2 aromatic rings. The third-order valence-electron chi connectivity index (χ3n) is 2.74. The van der Waals surface area contributed by atoms with Crippen molar-refractivity contribution in [1.29, 1.82) is 0 Å². The van der Waals surface area contributed by atoms with E-state index < -0.39 is 0 Å². The molecule has 5 heteroatoms. The summed E-state index contributed by atoms with van der Waals surface area (Å²) >= 11 is 0. The number of carbonyl (C=O) groups excluding carboxylic acids is 1. The SMILES string of the molecule is Cc1cnc(CNC(=O)c2ccccc2CCN)o1. The van der Waals surface area contributed by atoms with Gasteiger partial charge in [0.1, 0.15) is 5.76 Å². The second-order valence-corrected chi connectivity index (χ2v) is 4.24. The molecule has 0 aliphatic carbocycles. The van der Waals surface area contributed by atoms with Gasteiger partial charge in [0.25, 0.3) is 5.91 Å². The van der Waals surface area contributed by atoms with Crippen molar-refractivity contribution in [2.45, 2.75) is 19.9 Å². The van der Waals surface area contributed by atoms with E-state index in [1.165, 1.54) is 0 Å². The predicted molar refractivity (Wildman–Crippen MR) is 71.6 cm³/mol. The van der Waals surface area contributed by atoms with Crippen LogP contribution in [0.3, 0.4) is 0 Å². The fourth-order valence-corrected chi connectivity index (χ4v) is 1.85. The number of hydrogen-bond acceptors (Lipinski definition) is 4. The van der Waals surface area contributed by atoms with E-state index in [2.05, 4.69) is 10.3 Å². The van der Waals surface area contributed by atoms with Crippen molar-refractivity contribution in [3.05, 3.63) is 53.2 Å². The zero-order valence-corrected chi connectivity index (χ0v) is 10.8. The van der Waals surface area contributed by atoms with Gasteiger partial charge in [-0.25, -0.2) is 4.98 Å². The molecule has 1 heterocycles. The highest BCUT2D eigenvalue weighted by Crippen LogP contribution is 2.09. The molecule has 1 aromatic heterocycles. The minimum atomic E-state index is -0.139.